The Labute approximate surface area is 127 Å². The van der Waals surface area contributed by atoms with Crippen molar-refractivity contribution in [3.8, 4) is 5.75 Å². The molecule has 1 aromatic rings. The summed E-state index contributed by atoms with van der Waals surface area (Å²) < 4.78 is 11.3. The summed E-state index contributed by atoms with van der Waals surface area (Å²) in [5, 5.41) is 3.72. The monoisotopic (exact) mass is 290 g/mol. The van der Waals surface area contributed by atoms with Crippen molar-refractivity contribution in [1.29, 1.82) is 0 Å². The highest BCUT2D eigenvalue weighted by Crippen LogP contribution is 2.35. The minimum atomic E-state index is 0.424. The molecule has 1 aromatic carbocycles. The van der Waals surface area contributed by atoms with Crippen LogP contribution in [0.1, 0.15) is 29.2 Å². The molecule has 0 aromatic heterocycles. The van der Waals surface area contributed by atoms with Gasteiger partial charge in [-0.2, -0.15) is 0 Å². The van der Waals surface area contributed by atoms with Crippen LogP contribution in [-0.2, 0) is 4.74 Å². The third-order valence-electron chi connectivity index (χ3n) is 4.40. The molecule has 2 aliphatic heterocycles. The highest BCUT2D eigenvalue weighted by atomic mass is 16.5. The first-order valence-corrected chi connectivity index (χ1v) is 8.01. The van der Waals surface area contributed by atoms with E-state index in [-0.39, 0.29) is 0 Å². The molecule has 0 bridgehead atoms. The number of fused-ring (bicyclic) bond motifs is 1. The van der Waals surface area contributed by atoms with Crippen LogP contribution < -0.4 is 10.1 Å². The smallest absolute Gasteiger partial charge is 0.126 e. The second kappa shape index (κ2) is 6.77. The van der Waals surface area contributed by atoms with Gasteiger partial charge in [0.15, 0.2) is 0 Å². The van der Waals surface area contributed by atoms with E-state index < -0.39 is 0 Å². The van der Waals surface area contributed by atoms with Crippen LogP contribution in [-0.4, -0.2) is 50.9 Å². The van der Waals surface area contributed by atoms with Gasteiger partial charge in [-0.15, -0.1) is 0 Å². The highest BCUT2D eigenvalue weighted by molar-refractivity contribution is 5.46. The summed E-state index contributed by atoms with van der Waals surface area (Å²) in [7, 11) is 0. The number of nitrogens with one attached hydrogen (secondary N) is 1. The van der Waals surface area contributed by atoms with Gasteiger partial charge in [-0.05, 0) is 19.4 Å². The van der Waals surface area contributed by atoms with Crippen molar-refractivity contribution in [2.45, 2.75) is 26.3 Å². The average Bonchev–Trinajstić information content (AvgIpc) is 2.49. The number of nitrogens with zero attached hydrogens (tertiary/aromatic N) is 1. The molecule has 116 valence electrons. The first-order chi connectivity index (χ1) is 10.2. The maximum absolute atomic E-state index is 5.87. The molecule has 4 nitrogen and oxygen atoms in total. The van der Waals surface area contributed by atoms with E-state index in [1.807, 2.05) is 0 Å². The predicted molar refractivity (Wildman–Crippen MR) is 84.0 cm³/mol. The minimum absolute atomic E-state index is 0.424. The quantitative estimate of drug-likeness (QED) is 0.920. The molecular weight excluding hydrogens is 264 g/mol. The van der Waals surface area contributed by atoms with Crippen LogP contribution in [0.15, 0.2) is 12.1 Å². The fourth-order valence-electron chi connectivity index (χ4n) is 3.31. The largest absolute Gasteiger partial charge is 0.493 e. The number of hydrogen-bond donors (Lipinski definition) is 1. The Balaban J connectivity index is 1.60. The first kappa shape index (κ1) is 14.8. The number of aryl methyl sites for hydroxylation is 2. The molecule has 1 unspecified atom stereocenters. The van der Waals surface area contributed by atoms with Crippen LogP contribution in [0.5, 0.6) is 5.75 Å². The predicted octanol–water partition coefficient (Wildman–Crippen LogP) is 2.05. The van der Waals surface area contributed by atoms with E-state index in [2.05, 4.69) is 36.2 Å². The van der Waals surface area contributed by atoms with Crippen molar-refractivity contribution in [2.75, 3.05) is 46.0 Å². The Morgan fingerprint density at radius 3 is 2.81 bits per heavy atom. The Morgan fingerprint density at radius 2 is 2.00 bits per heavy atom. The summed E-state index contributed by atoms with van der Waals surface area (Å²) in [6.45, 7) is 11.1. The third kappa shape index (κ3) is 3.57. The molecule has 0 saturated carbocycles. The lowest BCUT2D eigenvalue weighted by molar-refractivity contribution is 0.0379. The van der Waals surface area contributed by atoms with Crippen molar-refractivity contribution in [3.63, 3.8) is 0 Å². The van der Waals surface area contributed by atoms with Crippen LogP contribution in [0.2, 0.25) is 0 Å². The molecule has 21 heavy (non-hydrogen) atoms. The molecule has 0 amide bonds. The van der Waals surface area contributed by atoms with Crippen LogP contribution in [0.3, 0.4) is 0 Å². The van der Waals surface area contributed by atoms with E-state index in [0.717, 1.165) is 58.2 Å². The molecule has 1 saturated heterocycles. The van der Waals surface area contributed by atoms with Crippen LogP contribution >= 0.6 is 0 Å². The van der Waals surface area contributed by atoms with E-state index in [1.165, 1.54) is 16.7 Å². The van der Waals surface area contributed by atoms with Gasteiger partial charge in [0, 0.05) is 44.2 Å². The van der Waals surface area contributed by atoms with Crippen molar-refractivity contribution in [1.82, 2.24) is 10.2 Å². The Bertz CT molecular complexity index is 484. The fraction of sp³-hybridized carbons (Fsp3) is 0.647. The molecule has 2 aliphatic rings. The molecule has 0 radical (unpaired) electrons. The number of morpholine rings is 1. The van der Waals surface area contributed by atoms with Gasteiger partial charge in [-0.25, -0.2) is 0 Å². The summed E-state index contributed by atoms with van der Waals surface area (Å²) >= 11 is 0. The van der Waals surface area contributed by atoms with E-state index in [1.54, 1.807) is 0 Å². The molecule has 1 N–H and O–H groups in total. The molecule has 1 atom stereocenters. The zero-order valence-corrected chi connectivity index (χ0v) is 13.2. The number of hydrogen-bond acceptors (Lipinski definition) is 4. The van der Waals surface area contributed by atoms with Crippen LogP contribution in [0, 0.1) is 13.8 Å². The topological polar surface area (TPSA) is 33.7 Å². The standard InChI is InChI=1S/C17H26N2O2/c1-13-11-14(2)17-15(12-13)16(3-8-21-17)18-4-5-19-6-9-20-10-7-19/h11-12,16,18H,3-10H2,1-2H3. The normalized spacial score (nSPS) is 22.7. The maximum atomic E-state index is 5.87. The van der Waals surface area contributed by atoms with Crippen molar-refractivity contribution in [3.05, 3.63) is 28.8 Å². The van der Waals surface area contributed by atoms with Crippen LogP contribution in [0.25, 0.3) is 0 Å². The third-order valence-corrected chi connectivity index (χ3v) is 4.40. The van der Waals surface area contributed by atoms with E-state index in [0.29, 0.717) is 6.04 Å². The second-order valence-corrected chi connectivity index (χ2v) is 6.10. The van der Waals surface area contributed by atoms with E-state index in [4.69, 9.17) is 9.47 Å². The number of rotatable bonds is 4. The summed E-state index contributed by atoms with van der Waals surface area (Å²) in [5.74, 6) is 1.09. The van der Waals surface area contributed by atoms with Crippen molar-refractivity contribution in [2.24, 2.45) is 0 Å². The van der Waals surface area contributed by atoms with Gasteiger partial charge in [-0.3, -0.25) is 4.90 Å². The molecule has 2 heterocycles. The van der Waals surface area contributed by atoms with Gasteiger partial charge in [0.05, 0.1) is 19.8 Å². The maximum Gasteiger partial charge on any atom is 0.126 e. The lowest BCUT2D eigenvalue weighted by atomic mass is 9.96. The Kier molecular flexibility index (Phi) is 4.78. The van der Waals surface area contributed by atoms with Crippen LogP contribution in [0.4, 0.5) is 0 Å². The molecule has 0 spiro atoms. The van der Waals surface area contributed by atoms with Gasteiger partial charge >= 0.3 is 0 Å². The summed E-state index contributed by atoms with van der Waals surface area (Å²) in [4.78, 5) is 2.47. The van der Waals surface area contributed by atoms with Gasteiger partial charge in [-0.1, -0.05) is 17.7 Å². The second-order valence-electron chi connectivity index (χ2n) is 6.10. The molecule has 1 fully saturated rings. The van der Waals surface area contributed by atoms with Gasteiger partial charge in [0.25, 0.3) is 0 Å². The van der Waals surface area contributed by atoms with Gasteiger partial charge in [0.2, 0.25) is 0 Å². The summed E-state index contributed by atoms with van der Waals surface area (Å²) in [6, 6.07) is 4.90. The molecule has 3 rings (SSSR count). The Hall–Kier alpha value is -1.10. The number of benzene rings is 1. The highest BCUT2D eigenvalue weighted by Gasteiger charge is 2.23. The SMILES string of the molecule is Cc1cc(C)c2c(c1)C(NCCN1CCOCC1)CCO2. The lowest BCUT2D eigenvalue weighted by Crippen LogP contribution is -2.41. The van der Waals surface area contributed by atoms with E-state index >= 15 is 0 Å². The van der Waals surface area contributed by atoms with Crippen molar-refractivity contribution < 1.29 is 9.47 Å². The van der Waals surface area contributed by atoms with Gasteiger partial charge in [0.1, 0.15) is 5.75 Å². The average molecular weight is 290 g/mol. The zero-order chi connectivity index (χ0) is 14.7. The molecule has 0 aliphatic carbocycles. The fourth-order valence-corrected chi connectivity index (χ4v) is 3.31. The van der Waals surface area contributed by atoms with Crippen molar-refractivity contribution >= 4 is 0 Å². The Morgan fingerprint density at radius 1 is 1.19 bits per heavy atom. The van der Waals surface area contributed by atoms with Gasteiger partial charge < -0.3 is 14.8 Å². The number of ether oxygens (including phenoxy) is 2. The summed E-state index contributed by atoms with van der Waals surface area (Å²) in [5.41, 5.74) is 3.90. The molecular formula is C17H26N2O2. The van der Waals surface area contributed by atoms with E-state index in [9.17, 15) is 0 Å². The molecule has 4 heteroatoms. The first-order valence-electron chi connectivity index (χ1n) is 8.01. The lowest BCUT2D eigenvalue weighted by Gasteiger charge is -2.30. The summed E-state index contributed by atoms with van der Waals surface area (Å²) in [6.07, 6.45) is 1.05. The zero-order valence-electron chi connectivity index (χ0n) is 13.2. The minimum Gasteiger partial charge on any atom is -0.493 e.